The van der Waals surface area contributed by atoms with Gasteiger partial charge >= 0.3 is 17.9 Å². The molecule has 0 aromatic heterocycles. The van der Waals surface area contributed by atoms with Gasteiger partial charge in [-0.1, -0.05) is 317 Å². The van der Waals surface area contributed by atoms with Crippen molar-refractivity contribution >= 4 is 17.9 Å². The van der Waals surface area contributed by atoms with Gasteiger partial charge in [-0.25, -0.2) is 0 Å². The van der Waals surface area contributed by atoms with Crippen molar-refractivity contribution in [3.8, 4) is 0 Å². The van der Waals surface area contributed by atoms with Crippen LogP contribution in [0.2, 0.25) is 0 Å². The van der Waals surface area contributed by atoms with Crippen molar-refractivity contribution < 1.29 is 28.6 Å². The van der Waals surface area contributed by atoms with Gasteiger partial charge in [0.05, 0.1) is 0 Å². The number of carbonyl (C=O) groups excluding carboxylic acids is 3. The summed E-state index contributed by atoms with van der Waals surface area (Å²) in [5, 5.41) is 0. The summed E-state index contributed by atoms with van der Waals surface area (Å²) in [6, 6.07) is 0. The van der Waals surface area contributed by atoms with E-state index in [0.29, 0.717) is 19.3 Å². The lowest BCUT2D eigenvalue weighted by molar-refractivity contribution is -0.167. The van der Waals surface area contributed by atoms with Crippen LogP contribution in [-0.2, 0) is 28.6 Å². The second-order valence-corrected chi connectivity index (χ2v) is 21.8. The summed E-state index contributed by atoms with van der Waals surface area (Å²) in [4.78, 5) is 38.2. The number of ether oxygens (including phenoxy) is 3. The van der Waals surface area contributed by atoms with Crippen molar-refractivity contribution in [1.82, 2.24) is 0 Å². The van der Waals surface area contributed by atoms with E-state index in [1.165, 1.54) is 250 Å². The van der Waals surface area contributed by atoms with Crippen molar-refractivity contribution in [3.63, 3.8) is 0 Å². The van der Waals surface area contributed by atoms with Gasteiger partial charge in [0.1, 0.15) is 13.2 Å². The molecule has 0 aliphatic heterocycles. The van der Waals surface area contributed by atoms with E-state index in [2.05, 4.69) is 27.7 Å². The Morgan fingerprint density at radius 1 is 0.279 bits per heavy atom. The Bertz CT molecular complexity index is 1030. The molecule has 0 rings (SSSR count). The van der Waals surface area contributed by atoms with Crippen molar-refractivity contribution in [2.24, 2.45) is 5.92 Å². The third-order valence-corrected chi connectivity index (χ3v) is 14.3. The molecule has 0 aliphatic rings. The fourth-order valence-corrected chi connectivity index (χ4v) is 9.63. The van der Waals surface area contributed by atoms with Crippen LogP contribution in [0.3, 0.4) is 0 Å². The van der Waals surface area contributed by atoms with Gasteiger partial charge in [-0.2, -0.15) is 0 Å². The average molecular weight is 962 g/mol. The molecule has 0 N–H and O–H groups in total. The number of carbonyl (C=O) groups is 3. The molecule has 0 aliphatic carbocycles. The highest BCUT2D eigenvalue weighted by molar-refractivity contribution is 5.71. The SMILES string of the molecule is CCCCCCCCCCCCCCCCCCCCCC(=O)OC[C@H](COC(=O)CCCCCCCCCCCCC(C)C)OC(=O)CCCCCCCCCCCCCCCCCCCC. The molecule has 0 heterocycles. The lowest BCUT2D eigenvalue weighted by Crippen LogP contribution is -2.30. The molecule has 0 aromatic rings. The molecule has 6 nitrogen and oxygen atoms in total. The lowest BCUT2D eigenvalue weighted by atomic mass is 10.0. The van der Waals surface area contributed by atoms with Crippen LogP contribution in [0.15, 0.2) is 0 Å². The fraction of sp³-hybridized carbons (Fsp3) is 0.952. The highest BCUT2D eigenvalue weighted by Crippen LogP contribution is 2.18. The predicted molar refractivity (Wildman–Crippen MR) is 293 cm³/mol. The maximum atomic E-state index is 12.9. The van der Waals surface area contributed by atoms with Crippen molar-refractivity contribution in [1.29, 1.82) is 0 Å². The molecule has 0 bridgehead atoms. The first-order chi connectivity index (χ1) is 33.4. The van der Waals surface area contributed by atoms with Crippen LogP contribution in [0.25, 0.3) is 0 Å². The molecular weight excluding hydrogens is 841 g/mol. The first-order valence-corrected chi connectivity index (χ1v) is 30.9. The summed E-state index contributed by atoms with van der Waals surface area (Å²) in [7, 11) is 0. The summed E-state index contributed by atoms with van der Waals surface area (Å²) >= 11 is 0. The van der Waals surface area contributed by atoms with Crippen LogP contribution in [0, 0.1) is 5.92 Å². The van der Waals surface area contributed by atoms with E-state index in [4.69, 9.17) is 14.2 Å². The standard InChI is InChI=1S/C62H120O6/c1-5-7-9-11-13-15-17-19-21-23-25-27-28-30-32-37-41-45-49-53-60(63)66-56-59(57-67-61(64)54-50-46-42-38-35-34-36-40-44-48-52-58(3)4)68-62(65)55-51-47-43-39-33-31-29-26-24-22-20-18-16-14-12-10-8-6-2/h58-59H,5-57H2,1-4H3/t59-/m1/s1. The van der Waals surface area contributed by atoms with Gasteiger partial charge in [-0.15, -0.1) is 0 Å². The minimum atomic E-state index is -0.763. The number of rotatable bonds is 57. The molecule has 0 unspecified atom stereocenters. The first kappa shape index (κ1) is 66.4. The molecule has 0 amide bonds. The third kappa shape index (κ3) is 55.3. The normalized spacial score (nSPS) is 12.0. The van der Waals surface area contributed by atoms with E-state index < -0.39 is 6.10 Å². The topological polar surface area (TPSA) is 78.9 Å². The van der Waals surface area contributed by atoms with E-state index in [9.17, 15) is 14.4 Å². The van der Waals surface area contributed by atoms with Crippen molar-refractivity contribution in [3.05, 3.63) is 0 Å². The Morgan fingerprint density at radius 3 is 0.721 bits per heavy atom. The van der Waals surface area contributed by atoms with E-state index in [1.807, 2.05) is 0 Å². The Balaban J connectivity index is 4.26. The summed E-state index contributed by atoms with van der Waals surface area (Å²) in [5.74, 6) is -0.0137. The Hall–Kier alpha value is -1.59. The van der Waals surface area contributed by atoms with Crippen LogP contribution in [0.5, 0.6) is 0 Å². The minimum absolute atomic E-state index is 0.0617. The van der Waals surface area contributed by atoms with Gasteiger partial charge in [0.15, 0.2) is 6.10 Å². The fourth-order valence-electron chi connectivity index (χ4n) is 9.63. The summed E-state index contributed by atoms with van der Waals surface area (Å²) in [6.07, 6.45) is 62.5. The first-order valence-electron chi connectivity index (χ1n) is 30.9. The van der Waals surface area contributed by atoms with Gasteiger partial charge < -0.3 is 14.2 Å². The lowest BCUT2D eigenvalue weighted by Gasteiger charge is -2.18. The zero-order chi connectivity index (χ0) is 49.5. The molecule has 0 fully saturated rings. The second kappa shape index (κ2) is 56.3. The zero-order valence-electron chi connectivity index (χ0n) is 46.6. The van der Waals surface area contributed by atoms with E-state index in [-0.39, 0.29) is 31.1 Å². The summed E-state index contributed by atoms with van der Waals surface area (Å²) in [5.41, 5.74) is 0. The van der Waals surface area contributed by atoms with Gasteiger partial charge in [0, 0.05) is 19.3 Å². The van der Waals surface area contributed by atoms with Crippen LogP contribution >= 0.6 is 0 Å². The van der Waals surface area contributed by atoms with Gasteiger partial charge in [-0.05, 0) is 25.2 Å². The zero-order valence-corrected chi connectivity index (χ0v) is 46.6. The Kier molecular flexibility index (Phi) is 55.0. The van der Waals surface area contributed by atoms with E-state index in [1.54, 1.807) is 0 Å². The molecule has 1 atom stereocenters. The van der Waals surface area contributed by atoms with Gasteiger partial charge in [0.2, 0.25) is 0 Å². The summed E-state index contributed by atoms with van der Waals surface area (Å²) < 4.78 is 16.9. The molecule has 68 heavy (non-hydrogen) atoms. The third-order valence-electron chi connectivity index (χ3n) is 14.3. The molecule has 404 valence electrons. The van der Waals surface area contributed by atoms with E-state index >= 15 is 0 Å². The smallest absolute Gasteiger partial charge is 0.306 e. The molecule has 0 spiro atoms. The van der Waals surface area contributed by atoms with Gasteiger partial charge in [-0.3, -0.25) is 14.4 Å². The predicted octanol–water partition coefficient (Wildman–Crippen LogP) is 20.6. The van der Waals surface area contributed by atoms with Crippen molar-refractivity contribution in [2.45, 2.75) is 361 Å². The maximum absolute atomic E-state index is 12.9. The highest BCUT2D eigenvalue weighted by Gasteiger charge is 2.19. The van der Waals surface area contributed by atoms with Crippen LogP contribution < -0.4 is 0 Å². The molecule has 0 radical (unpaired) electrons. The highest BCUT2D eigenvalue weighted by atomic mass is 16.6. The molecule has 0 saturated heterocycles. The van der Waals surface area contributed by atoms with Gasteiger partial charge in [0.25, 0.3) is 0 Å². The minimum Gasteiger partial charge on any atom is -0.462 e. The molecule has 0 aromatic carbocycles. The van der Waals surface area contributed by atoms with Crippen molar-refractivity contribution in [2.75, 3.05) is 13.2 Å². The summed E-state index contributed by atoms with van der Waals surface area (Å²) in [6.45, 7) is 9.06. The monoisotopic (exact) mass is 961 g/mol. The Labute approximate surface area is 425 Å². The maximum Gasteiger partial charge on any atom is 0.306 e. The number of hydrogen-bond acceptors (Lipinski definition) is 6. The molecular formula is C62H120O6. The quantitative estimate of drug-likeness (QED) is 0.0343. The number of esters is 3. The number of hydrogen-bond donors (Lipinski definition) is 0. The van der Waals surface area contributed by atoms with Crippen LogP contribution in [0.1, 0.15) is 355 Å². The van der Waals surface area contributed by atoms with Crippen LogP contribution in [-0.4, -0.2) is 37.2 Å². The average Bonchev–Trinajstić information content (AvgIpc) is 3.32. The Morgan fingerprint density at radius 2 is 0.485 bits per heavy atom. The number of unbranched alkanes of at least 4 members (excludes halogenated alkanes) is 44. The molecule has 6 heteroatoms. The second-order valence-electron chi connectivity index (χ2n) is 21.8. The molecule has 0 saturated carbocycles. The largest absolute Gasteiger partial charge is 0.462 e. The van der Waals surface area contributed by atoms with Crippen LogP contribution in [0.4, 0.5) is 0 Å². The van der Waals surface area contributed by atoms with E-state index in [0.717, 1.165) is 63.7 Å².